The van der Waals surface area contributed by atoms with Crippen LogP contribution in [-0.4, -0.2) is 54.9 Å². The Kier molecular flexibility index (Phi) is 4.53. The van der Waals surface area contributed by atoms with Crippen LogP contribution in [0.3, 0.4) is 0 Å². The first-order chi connectivity index (χ1) is 7.85. The first-order valence-corrected chi connectivity index (χ1v) is 5.21. The minimum Gasteiger partial charge on any atom is -0.395 e. The molecular weight excluding hydrogens is 237 g/mol. The second-order valence-corrected chi connectivity index (χ2v) is 3.90. The summed E-state index contributed by atoms with van der Waals surface area (Å²) in [5.74, 6) is -0.659. The van der Waals surface area contributed by atoms with E-state index in [-0.39, 0.29) is 6.54 Å². The number of carbonyl (C=O) groups excluding carboxylic acids is 1. The number of carbonyl (C=O) groups is 1. The molecule has 1 heterocycles. The minimum atomic E-state index is -4.45. The van der Waals surface area contributed by atoms with Crippen molar-refractivity contribution in [2.24, 2.45) is 0 Å². The summed E-state index contributed by atoms with van der Waals surface area (Å²) < 4.78 is 36.7. The summed E-state index contributed by atoms with van der Waals surface area (Å²) in [6, 6.07) is 0. The van der Waals surface area contributed by atoms with Gasteiger partial charge in [0.25, 0.3) is 0 Å². The van der Waals surface area contributed by atoms with Gasteiger partial charge in [-0.1, -0.05) is 0 Å². The van der Waals surface area contributed by atoms with Crippen LogP contribution in [0.5, 0.6) is 0 Å². The van der Waals surface area contributed by atoms with E-state index in [2.05, 4.69) is 5.32 Å². The molecule has 1 aliphatic heterocycles. The predicted octanol–water partition coefficient (Wildman–Crippen LogP) is 0.289. The van der Waals surface area contributed by atoms with E-state index >= 15 is 0 Å². The zero-order valence-corrected chi connectivity index (χ0v) is 9.47. The molecule has 7 heteroatoms. The second kappa shape index (κ2) is 5.50. The molecule has 0 atom stereocenters. The van der Waals surface area contributed by atoms with Gasteiger partial charge in [0.15, 0.2) is 0 Å². The third-order valence-corrected chi connectivity index (χ3v) is 2.56. The van der Waals surface area contributed by atoms with Gasteiger partial charge in [0.05, 0.1) is 6.61 Å². The van der Waals surface area contributed by atoms with Gasteiger partial charge in [-0.05, 0) is 12.5 Å². The molecule has 0 aliphatic carbocycles. The third-order valence-electron chi connectivity index (χ3n) is 2.56. The largest absolute Gasteiger partial charge is 0.406 e. The monoisotopic (exact) mass is 252 g/mol. The molecule has 0 aromatic carbocycles. The van der Waals surface area contributed by atoms with E-state index < -0.39 is 25.2 Å². The van der Waals surface area contributed by atoms with Crippen LogP contribution in [-0.2, 0) is 4.79 Å². The maximum absolute atomic E-state index is 12.2. The average Bonchev–Trinajstić information content (AvgIpc) is 2.11. The van der Waals surface area contributed by atoms with Crippen molar-refractivity contribution in [3.63, 3.8) is 0 Å². The molecule has 98 valence electrons. The standard InChI is InChI=1S/C10H15F3N2O2/c1-7(8-4-14-5-8)9(17)15(2-3-16)6-10(11,12)13/h14,16H,2-6H2,1H3. The Morgan fingerprint density at radius 3 is 2.41 bits per heavy atom. The van der Waals surface area contributed by atoms with Crippen LogP contribution in [0.1, 0.15) is 6.92 Å². The van der Waals surface area contributed by atoms with Gasteiger partial charge >= 0.3 is 6.18 Å². The topological polar surface area (TPSA) is 52.6 Å². The fraction of sp³-hybridized carbons (Fsp3) is 0.700. The van der Waals surface area contributed by atoms with E-state index in [0.717, 1.165) is 5.57 Å². The summed E-state index contributed by atoms with van der Waals surface area (Å²) in [6.07, 6.45) is -4.45. The second-order valence-electron chi connectivity index (χ2n) is 3.90. The molecule has 1 amide bonds. The first-order valence-electron chi connectivity index (χ1n) is 5.21. The Morgan fingerprint density at radius 2 is 2.06 bits per heavy atom. The van der Waals surface area contributed by atoms with Gasteiger partial charge in [0.1, 0.15) is 6.54 Å². The molecule has 1 aliphatic rings. The Bertz CT molecular complexity index is 320. The van der Waals surface area contributed by atoms with E-state index in [1.807, 2.05) is 0 Å². The number of aliphatic hydroxyl groups excluding tert-OH is 1. The van der Waals surface area contributed by atoms with Crippen molar-refractivity contribution in [2.75, 3.05) is 32.8 Å². The lowest BCUT2D eigenvalue weighted by molar-refractivity contribution is -0.159. The lowest BCUT2D eigenvalue weighted by Gasteiger charge is -2.27. The molecule has 0 bridgehead atoms. The number of alkyl halides is 3. The Hall–Kier alpha value is -1.08. The van der Waals surface area contributed by atoms with E-state index in [9.17, 15) is 18.0 Å². The van der Waals surface area contributed by atoms with Crippen LogP contribution in [0, 0.1) is 0 Å². The third kappa shape index (κ3) is 4.01. The zero-order chi connectivity index (χ0) is 13.1. The number of rotatable bonds is 4. The normalized spacial score (nSPS) is 15.5. The van der Waals surface area contributed by atoms with Gasteiger partial charge in [0, 0.05) is 25.2 Å². The van der Waals surface area contributed by atoms with E-state index in [4.69, 9.17) is 5.11 Å². The van der Waals surface area contributed by atoms with E-state index in [0.29, 0.717) is 23.6 Å². The minimum absolute atomic E-state index is 0.309. The molecule has 1 rings (SSSR count). The number of halogens is 3. The van der Waals surface area contributed by atoms with E-state index in [1.54, 1.807) is 0 Å². The Balaban J connectivity index is 2.73. The lowest BCUT2D eigenvalue weighted by atomic mass is 10.0. The molecule has 0 aromatic rings. The quantitative estimate of drug-likeness (QED) is 0.707. The van der Waals surface area contributed by atoms with Crippen LogP contribution < -0.4 is 5.32 Å². The van der Waals surface area contributed by atoms with Crippen LogP contribution >= 0.6 is 0 Å². The average molecular weight is 252 g/mol. The number of aliphatic hydroxyl groups is 1. The summed E-state index contributed by atoms with van der Waals surface area (Å²) in [6.45, 7) is 0.468. The number of nitrogens with one attached hydrogen (secondary N) is 1. The maximum atomic E-state index is 12.2. The van der Waals surface area contributed by atoms with Gasteiger partial charge in [0.2, 0.25) is 5.91 Å². The molecule has 0 unspecified atom stereocenters. The zero-order valence-electron chi connectivity index (χ0n) is 9.47. The summed E-state index contributed by atoms with van der Waals surface area (Å²) in [7, 11) is 0. The summed E-state index contributed by atoms with van der Waals surface area (Å²) in [4.78, 5) is 12.4. The fourth-order valence-electron chi connectivity index (χ4n) is 1.49. The van der Waals surface area contributed by atoms with Gasteiger partial charge in [-0.2, -0.15) is 13.2 Å². The highest BCUT2D eigenvalue weighted by molar-refractivity contribution is 5.94. The first kappa shape index (κ1) is 14.0. The molecule has 1 saturated heterocycles. The smallest absolute Gasteiger partial charge is 0.395 e. The maximum Gasteiger partial charge on any atom is 0.406 e. The number of hydrogen-bond acceptors (Lipinski definition) is 3. The molecular formula is C10H15F3N2O2. The van der Waals surface area contributed by atoms with Gasteiger partial charge < -0.3 is 15.3 Å². The molecule has 0 saturated carbocycles. The van der Waals surface area contributed by atoms with Gasteiger partial charge in [-0.25, -0.2) is 0 Å². The van der Waals surface area contributed by atoms with Crippen molar-refractivity contribution in [1.82, 2.24) is 10.2 Å². The van der Waals surface area contributed by atoms with Gasteiger partial charge in [-0.3, -0.25) is 4.79 Å². The highest BCUT2D eigenvalue weighted by atomic mass is 19.4. The number of nitrogens with zero attached hydrogens (tertiary/aromatic N) is 1. The highest BCUT2D eigenvalue weighted by Crippen LogP contribution is 2.19. The van der Waals surface area contributed by atoms with Crippen LogP contribution in [0.2, 0.25) is 0 Å². The molecule has 0 spiro atoms. The van der Waals surface area contributed by atoms with Crippen molar-refractivity contribution < 1.29 is 23.1 Å². The molecule has 4 nitrogen and oxygen atoms in total. The van der Waals surface area contributed by atoms with Crippen molar-refractivity contribution >= 4 is 5.91 Å². The fourth-order valence-corrected chi connectivity index (χ4v) is 1.49. The molecule has 0 aromatic heterocycles. The highest BCUT2D eigenvalue weighted by Gasteiger charge is 2.33. The molecule has 1 fully saturated rings. The van der Waals surface area contributed by atoms with Crippen LogP contribution in [0.4, 0.5) is 13.2 Å². The summed E-state index contributed by atoms with van der Waals surface area (Å²) >= 11 is 0. The van der Waals surface area contributed by atoms with Crippen molar-refractivity contribution in [3.8, 4) is 0 Å². The number of hydrogen-bond donors (Lipinski definition) is 2. The SMILES string of the molecule is CC(C(=O)N(CCO)CC(F)(F)F)=C1CNC1. The lowest BCUT2D eigenvalue weighted by Crippen LogP contribution is -2.43. The van der Waals surface area contributed by atoms with E-state index in [1.165, 1.54) is 6.92 Å². The summed E-state index contributed by atoms with van der Waals surface area (Å²) in [5.41, 5.74) is 1.15. The Morgan fingerprint density at radius 1 is 1.47 bits per heavy atom. The molecule has 0 radical (unpaired) electrons. The van der Waals surface area contributed by atoms with Crippen LogP contribution in [0.25, 0.3) is 0 Å². The number of amides is 1. The van der Waals surface area contributed by atoms with Crippen LogP contribution in [0.15, 0.2) is 11.1 Å². The van der Waals surface area contributed by atoms with Crippen molar-refractivity contribution in [1.29, 1.82) is 0 Å². The molecule has 17 heavy (non-hydrogen) atoms. The predicted molar refractivity (Wildman–Crippen MR) is 55.3 cm³/mol. The van der Waals surface area contributed by atoms with Crippen molar-refractivity contribution in [2.45, 2.75) is 13.1 Å². The summed E-state index contributed by atoms with van der Waals surface area (Å²) in [5, 5.41) is 11.6. The van der Waals surface area contributed by atoms with Crippen molar-refractivity contribution in [3.05, 3.63) is 11.1 Å². The van der Waals surface area contributed by atoms with Gasteiger partial charge in [-0.15, -0.1) is 0 Å². The molecule has 2 N–H and O–H groups in total. The Labute approximate surface area is 97.1 Å².